The highest BCUT2D eigenvalue weighted by Gasteiger charge is 2.11. The summed E-state index contributed by atoms with van der Waals surface area (Å²) in [6, 6.07) is 12.4. The molecule has 2 rings (SSSR count). The van der Waals surface area contributed by atoms with Gasteiger partial charge >= 0.3 is 0 Å². The van der Waals surface area contributed by atoms with Gasteiger partial charge in [-0.25, -0.2) is 13.4 Å². The average Bonchev–Trinajstić information content (AvgIpc) is 2.46. The lowest BCUT2D eigenvalue weighted by Gasteiger charge is -2.07. The fraction of sp³-hybridized carbons (Fsp3) is 0.214. The molecule has 1 N–H and O–H groups in total. The zero-order valence-corrected chi connectivity index (χ0v) is 11.9. The van der Waals surface area contributed by atoms with Gasteiger partial charge in [0.2, 0.25) is 10.0 Å². The summed E-state index contributed by atoms with van der Waals surface area (Å²) in [5.41, 5.74) is 0.913. The van der Waals surface area contributed by atoms with E-state index in [0.717, 1.165) is 11.3 Å². The van der Waals surface area contributed by atoms with Gasteiger partial charge in [0, 0.05) is 6.20 Å². The van der Waals surface area contributed by atoms with Crippen LogP contribution in [0, 0.1) is 0 Å². The molecule has 0 unspecified atom stereocenters. The number of aryl methyl sites for hydroxylation is 1. The lowest BCUT2D eigenvalue weighted by Crippen LogP contribution is -2.18. The second-order valence-electron chi connectivity index (χ2n) is 4.24. The minimum absolute atomic E-state index is 0.00323. The summed E-state index contributed by atoms with van der Waals surface area (Å²) in [5, 5.41) is 0. The minimum atomic E-state index is -3.41. The Labute approximate surface area is 118 Å². The molecule has 0 fully saturated rings. The number of hydrogen-bond acceptors (Lipinski definition) is 4. The van der Waals surface area contributed by atoms with Crippen molar-refractivity contribution in [1.29, 1.82) is 0 Å². The smallest absolute Gasteiger partial charge is 0.234 e. The first kappa shape index (κ1) is 14.3. The fourth-order valence-corrected chi connectivity index (χ4v) is 2.76. The summed E-state index contributed by atoms with van der Waals surface area (Å²) in [7, 11) is -1.82. The highest BCUT2D eigenvalue weighted by Crippen LogP contribution is 2.14. The maximum atomic E-state index is 11.9. The third-order valence-electron chi connectivity index (χ3n) is 2.72. The first-order chi connectivity index (χ1) is 9.59. The summed E-state index contributed by atoms with van der Waals surface area (Å²) in [6.07, 6.45) is 1.96. The number of nitrogens with one attached hydrogen (secondary N) is 1. The van der Waals surface area contributed by atoms with E-state index in [2.05, 4.69) is 9.71 Å². The molecule has 106 valence electrons. The monoisotopic (exact) mass is 292 g/mol. The molecule has 0 radical (unpaired) electrons. The Kier molecular flexibility index (Phi) is 4.57. The van der Waals surface area contributed by atoms with Gasteiger partial charge in [-0.15, -0.1) is 0 Å². The molecule has 5 nitrogen and oxygen atoms in total. The maximum Gasteiger partial charge on any atom is 0.234 e. The maximum absolute atomic E-state index is 11.9. The quantitative estimate of drug-likeness (QED) is 0.885. The van der Waals surface area contributed by atoms with Gasteiger partial charge in [-0.2, -0.15) is 0 Å². The van der Waals surface area contributed by atoms with Crippen LogP contribution in [0.4, 0.5) is 5.82 Å². The molecule has 0 spiro atoms. The molecule has 0 saturated carbocycles. The van der Waals surface area contributed by atoms with Crippen molar-refractivity contribution >= 4 is 15.8 Å². The molecule has 0 bridgehead atoms. The number of aromatic nitrogens is 1. The predicted molar refractivity (Wildman–Crippen MR) is 78.3 cm³/mol. The Morgan fingerprint density at radius 2 is 2.05 bits per heavy atom. The second kappa shape index (κ2) is 6.38. The SMILES string of the molecule is COc1cccc(CCS(=O)(=O)Nc2ccccn2)c1. The van der Waals surface area contributed by atoms with Crippen LogP contribution in [0.25, 0.3) is 0 Å². The number of ether oxygens (including phenoxy) is 1. The van der Waals surface area contributed by atoms with Crippen molar-refractivity contribution in [3.8, 4) is 5.75 Å². The molecule has 0 saturated heterocycles. The van der Waals surface area contributed by atoms with Crippen molar-refractivity contribution in [2.45, 2.75) is 6.42 Å². The van der Waals surface area contributed by atoms with Crippen molar-refractivity contribution < 1.29 is 13.2 Å². The molecule has 6 heteroatoms. The van der Waals surface area contributed by atoms with E-state index >= 15 is 0 Å². The second-order valence-corrected chi connectivity index (χ2v) is 6.08. The molecule has 0 aliphatic rings. The van der Waals surface area contributed by atoms with Crippen LogP contribution in [-0.2, 0) is 16.4 Å². The van der Waals surface area contributed by atoms with Gasteiger partial charge in [0.15, 0.2) is 0 Å². The number of hydrogen-bond donors (Lipinski definition) is 1. The minimum Gasteiger partial charge on any atom is -0.497 e. The van der Waals surface area contributed by atoms with Gasteiger partial charge in [-0.05, 0) is 36.2 Å². The summed E-state index contributed by atoms with van der Waals surface area (Å²) in [4.78, 5) is 3.94. The van der Waals surface area contributed by atoms with Gasteiger partial charge in [0.1, 0.15) is 11.6 Å². The van der Waals surface area contributed by atoms with E-state index in [1.165, 1.54) is 0 Å². The van der Waals surface area contributed by atoms with Crippen LogP contribution in [0.5, 0.6) is 5.75 Å². The van der Waals surface area contributed by atoms with E-state index in [9.17, 15) is 8.42 Å². The van der Waals surface area contributed by atoms with Crippen LogP contribution in [0.15, 0.2) is 48.7 Å². The summed E-state index contributed by atoms with van der Waals surface area (Å²) >= 11 is 0. The third kappa shape index (κ3) is 4.24. The van der Waals surface area contributed by atoms with E-state index in [1.807, 2.05) is 24.3 Å². The number of methoxy groups -OCH3 is 1. The van der Waals surface area contributed by atoms with E-state index in [4.69, 9.17) is 4.74 Å². The van der Waals surface area contributed by atoms with E-state index < -0.39 is 10.0 Å². The van der Waals surface area contributed by atoms with Gasteiger partial charge in [-0.1, -0.05) is 18.2 Å². The van der Waals surface area contributed by atoms with Crippen LogP contribution >= 0.6 is 0 Å². The van der Waals surface area contributed by atoms with Gasteiger partial charge < -0.3 is 4.74 Å². The predicted octanol–water partition coefficient (Wildman–Crippen LogP) is 2.07. The van der Waals surface area contributed by atoms with Crippen molar-refractivity contribution in [3.05, 3.63) is 54.2 Å². The molecule has 1 aromatic carbocycles. The molecule has 2 aromatic rings. The highest BCUT2D eigenvalue weighted by molar-refractivity contribution is 7.92. The first-order valence-corrected chi connectivity index (χ1v) is 7.79. The van der Waals surface area contributed by atoms with Gasteiger partial charge in [0.05, 0.1) is 12.9 Å². The zero-order valence-electron chi connectivity index (χ0n) is 11.1. The molecule has 20 heavy (non-hydrogen) atoms. The van der Waals surface area contributed by atoms with Crippen LogP contribution < -0.4 is 9.46 Å². The normalized spacial score (nSPS) is 11.1. The Morgan fingerprint density at radius 3 is 2.75 bits per heavy atom. The highest BCUT2D eigenvalue weighted by atomic mass is 32.2. The van der Waals surface area contributed by atoms with Crippen molar-refractivity contribution in [2.75, 3.05) is 17.6 Å². The number of pyridine rings is 1. The number of nitrogens with zero attached hydrogens (tertiary/aromatic N) is 1. The number of benzene rings is 1. The Hall–Kier alpha value is -2.08. The van der Waals surface area contributed by atoms with Crippen LogP contribution in [0.2, 0.25) is 0 Å². The van der Waals surface area contributed by atoms with Crippen LogP contribution in [0.3, 0.4) is 0 Å². The zero-order chi connectivity index (χ0) is 14.4. The molecule has 1 heterocycles. The summed E-state index contributed by atoms with van der Waals surface area (Å²) in [6.45, 7) is 0. The number of anilines is 1. The Morgan fingerprint density at radius 1 is 1.20 bits per heavy atom. The van der Waals surface area contributed by atoms with Gasteiger partial charge in [0.25, 0.3) is 0 Å². The molecular formula is C14H16N2O3S. The fourth-order valence-electron chi connectivity index (χ4n) is 1.71. The molecule has 0 amide bonds. The third-order valence-corrected chi connectivity index (χ3v) is 3.98. The van der Waals surface area contributed by atoms with Gasteiger partial charge in [-0.3, -0.25) is 4.72 Å². The van der Waals surface area contributed by atoms with E-state index in [1.54, 1.807) is 31.5 Å². The molecule has 0 aliphatic heterocycles. The molecule has 1 aromatic heterocycles. The standard InChI is InChI=1S/C14H16N2O3S/c1-19-13-6-4-5-12(11-13)8-10-20(17,18)16-14-7-2-3-9-15-14/h2-7,9,11H,8,10H2,1H3,(H,15,16). The lowest BCUT2D eigenvalue weighted by atomic mass is 10.2. The molecule has 0 atom stereocenters. The Bertz CT molecular complexity index is 657. The van der Waals surface area contributed by atoms with Crippen LogP contribution in [0.1, 0.15) is 5.56 Å². The lowest BCUT2D eigenvalue weighted by molar-refractivity contribution is 0.414. The Balaban J connectivity index is 1.98. The first-order valence-electron chi connectivity index (χ1n) is 6.13. The molecular weight excluding hydrogens is 276 g/mol. The van der Waals surface area contributed by atoms with Crippen LogP contribution in [-0.4, -0.2) is 26.3 Å². The molecule has 0 aliphatic carbocycles. The summed E-state index contributed by atoms with van der Waals surface area (Å²) in [5.74, 6) is 1.05. The largest absolute Gasteiger partial charge is 0.497 e. The average molecular weight is 292 g/mol. The topological polar surface area (TPSA) is 68.3 Å². The van der Waals surface area contributed by atoms with E-state index in [0.29, 0.717) is 12.2 Å². The number of rotatable bonds is 6. The summed E-state index contributed by atoms with van der Waals surface area (Å²) < 4.78 is 31.4. The van der Waals surface area contributed by atoms with Crippen molar-refractivity contribution in [3.63, 3.8) is 0 Å². The number of sulfonamides is 1. The van der Waals surface area contributed by atoms with Crippen molar-refractivity contribution in [1.82, 2.24) is 4.98 Å². The van der Waals surface area contributed by atoms with E-state index in [-0.39, 0.29) is 5.75 Å². The van der Waals surface area contributed by atoms with Crippen molar-refractivity contribution in [2.24, 2.45) is 0 Å².